The minimum Gasteiger partial charge on any atom is -0.379 e. The van der Waals surface area contributed by atoms with Crippen LogP contribution < -0.4 is 0 Å². The monoisotopic (exact) mass is 296 g/mol. The highest BCUT2D eigenvalue weighted by Crippen LogP contribution is 2.38. The lowest BCUT2D eigenvalue weighted by molar-refractivity contribution is 0.0749. The minimum atomic E-state index is -0.125. The largest absolute Gasteiger partial charge is 0.379 e. The molecule has 0 saturated heterocycles. The van der Waals surface area contributed by atoms with Crippen molar-refractivity contribution in [1.29, 1.82) is 0 Å². The van der Waals surface area contributed by atoms with Crippen LogP contribution in [0.1, 0.15) is 49.1 Å². The van der Waals surface area contributed by atoms with Gasteiger partial charge < -0.3 is 9.30 Å². The molecular weight excluding hydrogens is 276 g/mol. The van der Waals surface area contributed by atoms with Gasteiger partial charge in [0.25, 0.3) is 0 Å². The number of nitrogens with zero attached hydrogens (tertiary/aromatic N) is 4. The number of halogens is 1. The molecule has 20 heavy (non-hydrogen) atoms. The molecular formula is C14H21ClN4O. The van der Waals surface area contributed by atoms with E-state index in [-0.39, 0.29) is 11.5 Å². The van der Waals surface area contributed by atoms with E-state index < -0.39 is 0 Å². The van der Waals surface area contributed by atoms with Crippen molar-refractivity contribution in [3.8, 4) is 0 Å². The van der Waals surface area contributed by atoms with Crippen molar-refractivity contribution in [3.63, 3.8) is 0 Å². The molecule has 2 aromatic heterocycles. The molecule has 0 aliphatic heterocycles. The van der Waals surface area contributed by atoms with Gasteiger partial charge in [0.2, 0.25) is 0 Å². The van der Waals surface area contributed by atoms with Gasteiger partial charge in [-0.3, -0.25) is 4.68 Å². The third-order valence-corrected chi connectivity index (χ3v) is 4.47. The third kappa shape index (κ3) is 1.95. The van der Waals surface area contributed by atoms with Crippen LogP contribution in [0.3, 0.4) is 0 Å². The second kappa shape index (κ2) is 5.04. The maximum Gasteiger partial charge on any atom is 0.159 e. The number of imidazole rings is 1. The molecule has 0 radical (unpaired) electrons. The molecule has 0 aromatic carbocycles. The quantitative estimate of drug-likeness (QED) is 0.818. The molecule has 1 saturated carbocycles. The SMILES string of the molecule is COC1CCCC1n1c(C(C)Cl)nc2c(C)nn(C)c21. The van der Waals surface area contributed by atoms with Gasteiger partial charge in [-0.15, -0.1) is 11.6 Å². The molecule has 3 atom stereocenters. The van der Waals surface area contributed by atoms with Crippen LogP contribution in [0.2, 0.25) is 0 Å². The first-order valence-corrected chi connectivity index (χ1v) is 7.56. The second-order valence-electron chi connectivity index (χ2n) is 5.61. The molecule has 6 heteroatoms. The third-order valence-electron chi connectivity index (χ3n) is 4.27. The summed E-state index contributed by atoms with van der Waals surface area (Å²) in [5, 5.41) is 4.36. The Bertz CT molecular complexity index is 631. The molecule has 1 fully saturated rings. The van der Waals surface area contributed by atoms with Gasteiger partial charge in [-0.25, -0.2) is 4.98 Å². The van der Waals surface area contributed by atoms with E-state index in [9.17, 15) is 0 Å². The van der Waals surface area contributed by atoms with Crippen LogP contribution in [-0.2, 0) is 11.8 Å². The number of aryl methyl sites for hydroxylation is 2. The number of methoxy groups -OCH3 is 1. The number of alkyl halides is 1. The Morgan fingerprint density at radius 2 is 2.15 bits per heavy atom. The molecule has 0 amide bonds. The van der Waals surface area contributed by atoms with Gasteiger partial charge in [0.1, 0.15) is 11.3 Å². The van der Waals surface area contributed by atoms with Crippen LogP contribution in [0.5, 0.6) is 0 Å². The van der Waals surface area contributed by atoms with E-state index in [1.54, 1.807) is 7.11 Å². The fourth-order valence-corrected chi connectivity index (χ4v) is 3.55. The molecule has 0 spiro atoms. The summed E-state index contributed by atoms with van der Waals surface area (Å²) in [6, 6.07) is 0.302. The van der Waals surface area contributed by atoms with Crippen LogP contribution >= 0.6 is 11.6 Å². The number of rotatable bonds is 3. The molecule has 5 nitrogen and oxygen atoms in total. The Labute approximate surface area is 123 Å². The first-order valence-electron chi connectivity index (χ1n) is 7.13. The fraction of sp³-hybridized carbons (Fsp3) is 0.714. The summed E-state index contributed by atoms with van der Waals surface area (Å²) in [4.78, 5) is 4.74. The van der Waals surface area contributed by atoms with Crippen LogP contribution in [0.15, 0.2) is 0 Å². The molecule has 1 aliphatic rings. The van der Waals surface area contributed by atoms with Gasteiger partial charge in [-0.2, -0.15) is 5.10 Å². The lowest BCUT2D eigenvalue weighted by Crippen LogP contribution is -2.23. The Morgan fingerprint density at radius 1 is 1.40 bits per heavy atom. The minimum absolute atomic E-state index is 0.125. The number of aromatic nitrogens is 4. The van der Waals surface area contributed by atoms with Crippen LogP contribution in [-0.4, -0.2) is 32.5 Å². The van der Waals surface area contributed by atoms with Gasteiger partial charge in [0.05, 0.1) is 23.2 Å². The van der Waals surface area contributed by atoms with Crippen molar-refractivity contribution in [3.05, 3.63) is 11.5 Å². The van der Waals surface area contributed by atoms with Crippen molar-refractivity contribution >= 4 is 22.8 Å². The highest BCUT2D eigenvalue weighted by molar-refractivity contribution is 6.20. The molecule has 1 aliphatic carbocycles. The van der Waals surface area contributed by atoms with E-state index in [1.165, 1.54) is 6.42 Å². The molecule has 110 valence electrons. The van der Waals surface area contributed by atoms with Gasteiger partial charge in [0, 0.05) is 14.2 Å². The molecule has 3 unspecified atom stereocenters. The normalized spacial score (nSPS) is 24.6. The first kappa shape index (κ1) is 13.9. The van der Waals surface area contributed by atoms with E-state index in [0.717, 1.165) is 35.5 Å². The number of fused-ring (bicyclic) bond motifs is 1. The zero-order valence-corrected chi connectivity index (χ0v) is 13.2. The standard InChI is InChI=1S/C14H21ClN4O/c1-8(15)13-16-12-9(2)17-18(3)14(12)19(13)10-6-5-7-11(10)20-4/h8,10-11H,5-7H2,1-4H3. The highest BCUT2D eigenvalue weighted by Gasteiger charge is 2.34. The number of hydrogen-bond donors (Lipinski definition) is 0. The van der Waals surface area contributed by atoms with Gasteiger partial charge >= 0.3 is 0 Å². The lowest BCUT2D eigenvalue weighted by atomic mass is 10.2. The second-order valence-corrected chi connectivity index (χ2v) is 6.26. The highest BCUT2D eigenvalue weighted by atomic mass is 35.5. The maximum atomic E-state index is 6.36. The average molecular weight is 297 g/mol. The van der Waals surface area contributed by atoms with E-state index >= 15 is 0 Å². The zero-order chi connectivity index (χ0) is 14.4. The maximum absolute atomic E-state index is 6.36. The molecule has 3 rings (SSSR count). The topological polar surface area (TPSA) is 44.9 Å². The van der Waals surface area contributed by atoms with Crippen LogP contribution in [0, 0.1) is 6.92 Å². The molecule has 0 N–H and O–H groups in total. The van der Waals surface area contributed by atoms with Crippen molar-refractivity contribution in [2.24, 2.45) is 7.05 Å². The van der Waals surface area contributed by atoms with E-state index in [1.807, 2.05) is 25.6 Å². The van der Waals surface area contributed by atoms with E-state index in [0.29, 0.717) is 6.04 Å². The zero-order valence-electron chi connectivity index (χ0n) is 12.4. The van der Waals surface area contributed by atoms with Crippen molar-refractivity contribution in [2.45, 2.75) is 50.6 Å². The van der Waals surface area contributed by atoms with Crippen molar-refractivity contribution in [1.82, 2.24) is 19.3 Å². The van der Waals surface area contributed by atoms with E-state index in [4.69, 9.17) is 21.3 Å². The summed E-state index contributed by atoms with van der Waals surface area (Å²) in [5.74, 6) is 0.923. The number of hydrogen-bond acceptors (Lipinski definition) is 3. The van der Waals surface area contributed by atoms with Gasteiger partial charge in [-0.1, -0.05) is 0 Å². The summed E-state index contributed by atoms with van der Waals surface area (Å²) in [6.07, 6.45) is 3.60. The van der Waals surface area contributed by atoms with Gasteiger partial charge in [-0.05, 0) is 33.1 Å². The van der Waals surface area contributed by atoms with Gasteiger partial charge in [0.15, 0.2) is 5.65 Å². The summed E-state index contributed by atoms with van der Waals surface area (Å²) in [5.41, 5.74) is 2.96. The Balaban J connectivity index is 2.23. The molecule has 0 bridgehead atoms. The molecule has 2 heterocycles. The van der Waals surface area contributed by atoms with Crippen LogP contribution in [0.25, 0.3) is 11.2 Å². The fourth-order valence-electron chi connectivity index (χ4n) is 3.40. The summed E-state index contributed by atoms with van der Waals surface area (Å²) in [7, 11) is 3.75. The molecule has 2 aromatic rings. The van der Waals surface area contributed by atoms with Crippen molar-refractivity contribution < 1.29 is 4.74 Å². The van der Waals surface area contributed by atoms with Crippen molar-refractivity contribution in [2.75, 3.05) is 7.11 Å². The predicted octanol–water partition coefficient (Wildman–Crippen LogP) is 3.12. The average Bonchev–Trinajstić information content (AvgIpc) is 3.06. The Hall–Kier alpha value is -1.07. The summed E-state index contributed by atoms with van der Waals surface area (Å²) < 4.78 is 9.82. The Kier molecular flexibility index (Phi) is 3.50. The summed E-state index contributed by atoms with van der Waals surface area (Å²) >= 11 is 6.36. The predicted molar refractivity (Wildman–Crippen MR) is 79.2 cm³/mol. The summed E-state index contributed by atoms with van der Waals surface area (Å²) in [6.45, 7) is 3.96. The smallest absolute Gasteiger partial charge is 0.159 e. The lowest BCUT2D eigenvalue weighted by Gasteiger charge is -2.23. The van der Waals surface area contributed by atoms with Crippen LogP contribution in [0.4, 0.5) is 0 Å². The number of ether oxygens (including phenoxy) is 1. The first-order chi connectivity index (χ1) is 9.54. The van der Waals surface area contributed by atoms with E-state index in [2.05, 4.69) is 9.67 Å². The Morgan fingerprint density at radius 3 is 2.80 bits per heavy atom.